The highest BCUT2D eigenvalue weighted by Crippen LogP contribution is 2.30. The van der Waals surface area contributed by atoms with Crippen LogP contribution in [-0.4, -0.2) is 16.2 Å². The van der Waals surface area contributed by atoms with Gasteiger partial charge in [-0.1, -0.05) is 33.2 Å². The quantitative estimate of drug-likeness (QED) is 0.909. The van der Waals surface area contributed by atoms with Crippen molar-refractivity contribution in [3.05, 3.63) is 40.5 Å². The lowest BCUT2D eigenvalue weighted by molar-refractivity contribution is 0.0697. The molecule has 0 aliphatic carbocycles. The van der Waals surface area contributed by atoms with E-state index in [0.717, 1.165) is 4.47 Å². The molecule has 0 spiro atoms. The van der Waals surface area contributed by atoms with E-state index in [9.17, 15) is 4.79 Å². The summed E-state index contributed by atoms with van der Waals surface area (Å²) < 4.78 is 5.70. The van der Waals surface area contributed by atoms with Crippen LogP contribution < -0.4 is 0 Å². The first-order valence-electron chi connectivity index (χ1n) is 4.13. The van der Waals surface area contributed by atoms with Crippen LogP contribution in [0.3, 0.4) is 0 Å². The molecule has 5 heteroatoms. The number of carboxylic acids is 1. The van der Waals surface area contributed by atoms with E-state index >= 15 is 0 Å². The van der Waals surface area contributed by atoms with Crippen LogP contribution >= 0.6 is 15.9 Å². The topological polar surface area (TPSA) is 63.3 Å². The number of halogens is 1. The summed E-state index contributed by atoms with van der Waals surface area (Å²) in [5, 5.41) is 12.4. The molecule has 4 nitrogen and oxygen atoms in total. The number of carboxylic acid groups (broad SMARTS) is 1. The highest BCUT2D eigenvalue weighted by Gasteiger charge is 2.18. The lowest BCUT2D eigenvalue weighted by atomic mass is 10.1. The molecule has 15 heavy (non-hydrogen) atoms. The zero-order chi connectivity index (χ0) is 10.8. The first kappa shape index (κ1) is 9.92. The molecule has 76 valence electrons. The largest absolute Gasteiger partial charge is 0.477 e. The van der Waals surface area contributed by atoms with Crippen molar-refractivity contribution in [2.24, 2.45) is 0 Å². The van der Waals surface area contributed by atoms with Crippen LogP contribution in [0.5, 0.6) is 0 Å². The minimum Gasteiger partial charge on any atom is -0.477 e. The van der Waals surface area contributed by atoms with Crippen molar-refractivity contribution in [2.75, 3.05) is 0 Å². The molecule has 1 N–H and O–H groups in total. The summed E-state index contributed by atoms with van der Waals surface area (Å²) in [5.74, 6) is -0.794. The number of hydrogen-bond donors (Lipinski definition) is 1. The minimum atomic E-state index is -1.05. The molecule has 0 radical (unpaired) electrons. The number of rotatable bonds is 2. The van der Waals surface area contributed by atoms with E-state index in [0.29, 0.717) is 5.56 Å². The molecule has 0 saturated heterocycles. The number of nitrogens with zero attached hydrogens (tertiary/aromatic N) is 1. The molecule has 0 unspecified atom stereocenters. The molecule has 0 saturated carbocycles. The van der Waals surface area contributed by atoms with Gasteiger partial charge in [0, 0.05) is 10.0 Å². The smallest absolute Gasteiger partial charge is 0.341 e. The average Bonchev–Trinajstić information content (AvgIpc) is 2.67. The van der Waals surface area contributed by atoms with Crippen LogP contribution in [0.25, 0.3) is 11.3 Å². The maximum absolute atomic E-state index is 10.9. The van der Waals surface area contributed by atoms with Gasteiger partial charge in [0.1, 0.15) is 5.56 Å². The summed E-state index contributed by atoms with van der Waals surface area (Å²) in [6.45, 7) is 0. The second-order valence-corrected chi connectivity index (χ2v) is 3.71. The van der Waals surface area contributed by atoms with Crippen molar-refractivity contribution < 1.29 is 14.4 Å². The Labute approximate surface area is 93.6 Å². The maximum Gasteiger partial charge on any atom is 0.341 e. The van der Waals surface area contributed by atoms with E-state index in [1.54, 1.807) is 12.1 Å². The number of carbonyl (C=O) groups is 1. The summed E-state index contributed by atoms with van der Waals surface area (Å²) in [7, 11) is 0. The fourth-order valence-corrected chi connectivity index (χ4v) is 1.70. The van der Waals surface area contributed by atoms with Crippen molar-refractivity contribution in [1.29, 1.82) is 0 Å². The Morgan fingerprint density at radius 3 is 2.80 bits per heavy atom. The van der Waals surface area contributed by atoms with Gasteiger partial charge >= 0.3 is 5.97 Å². The third-order valence-corrected chi connectivity index (χ3v) is 2.61. The Bertz CT molecular complexity index is 507. The van der Waals surface area contributed by atoms with Gasteiger partial charge < -0.3 is 9.63 Å². The molecule has 0 aliphatic rings. The Kier molecular flexibility index (Phi) is 2.55. The Morgan fingerprint density at radius 1 is 1.40 bits per heavy atom. The molecule has 0 bridgehead atoms. The van der Waals surface area contributed by atoms with E-state index in [1.807, 2.05) is 12.1 Å². The van der Waals surface area contributed by atoms with Crippen molar-refractivity contribution in [3.63, 3.8) is 0 Å². The van der Waals surface area contributed by atoms with Gasteiger partial charge in [0.25, 0.3) is 0 Å². The zero-order valence-corrected chi connectivity index (χ0v) is 9.06. The molecule has 0 fully saturated rings. The zero-order valence-electron chi connectivity index (χ0n) is 7.48. The van der Waals surface area contributed by atoms with Crippen molar-refractivity contribution in [3.8, 4) is 11.3 Å². The molecule has 1 heterocycles. The fourth-order valence-electron chi connectivity index (χ4n) is 1.23. The number of benzene rings is 1. The Hall–Kier alpha value is -1.62. The lowest BCUT2D eigenvalue weighted by Gasteiger charge is -1.99. The molecule has 1 aromatic carbocycles. The Balaban J connectivity index is 2.59. The third kappa shape index (κ3) is 1.78. The van der Waals surface area contributed by atoms with Crippen LogP contribution in [0.4, 0.5) is 0 Å². The van der Waals surface area contributed by atoms with Gasteiger partial charge in [-0.25, -0.2) is 4.79 Å². The standard InChI is InChI=1S/C10H6BrNO3/c11-8-4-2-1-3-6(8)9-7(10(13)14)5-12-15-9/h1-5H,(H,13,14). The number of aromatic carboxylic acids is 1. The van der Waals surface area contributed by atoms with E-state index < -0.39 is 5.97 Å². The first-order valence-corrected chi connectivity index (χ1v) is 4.92. The van der Waals surface area contributed by atoms with Crippen molar-refractivity contribution >= 4 is 21.9 Å². The highest BCUT2D eigenvalue weighted by atomic mass is 79.9. The van der Waals surface area contributed by atoms with E-state index in [4.69, 9.17) is 9.63 Å². The summed E-state index contributed by atoms with van der Waals surface area (Å²) in [4.78, 5) is 10.9. The normalized spacial score (nSPS) is 10.2. The summed E-state index contributed by atoms with van der Waals surface area (Å²) in [5.41, 5.74) is 0.731. The molecule has 0 atom stereocenters. The van der Waals surface area contributed by atoms with E-state index in [1.165, 1.54) is 6.20 Å². The summed E-state index contributed by atoms with van der Waals surface area (Å²) >= 11 is 3.32. The molecule has 0 amide bonds. The van der Waals surface area contributed by atoms with Gasteiger partial charge in [-0.2, -0.15) is 0 Å². The Morgan fingerprint density at radius 2 is 2.13 bits per heavy atom. The SMILES string of the molecule is O=C(O)c1cnoc1-c1ccccc1Br. The predicted octanol–water partition coefficient (Wildman–Crippen LogP) is 2.80. The molecule has 2 aromatic rings. The molecular weight excluding hydrogens is 262 g/mol. The average molecular weight is 268 g/mol. The lowest BCUT2D eigenvalue weighted by Crippen LogP contribution is -1.96. The third-order valence-electron chi connectivity index (χ3n) is 1.92. The summed E-state index contributed by atoms with van der Waals surface area (Å²) in [6.07, 6.45) is 1.19. The van der Waals surface area contributed by atoms with Crippen molar-refractivity contribution in [2.45, 2.75) is 0 Å². The molecule has 2 rings (SSSR count). The van der Waals surface area contributed by atoms with Gasteiger partial charge in [-0.05, 0) is 12.1 Å². The number of aromatic nitrogens is 1. The highest BCUT2D eigenvalue weighted by molar-refractivity contribution is 9.10. The van der Waals surface area contributed by atoms with E-state index in [2.05, 4.69) is 21.1 Å². The second kappa shape index (κ2) is 3.86. The van der Waals surface area contributed by atoms with Gasteiger partial charge in [0.15, 0.2) is 5.76 Å². The first-order chi connectivity index (χ1) is 7.20. The van der Waals surface area contributed by atoms with Crippen LogP contribution in [-0.2, 0) is 0 Å². The van der Waals surface area contributed by atoms with Gasteiger partial charge in [-0.3, -0.25) is 0 Å². The molecular formula is C10H6BrNO3. The predicted molar refractivity (Wildman–Crippen MR) is 56.6 cm³/mol. The van der Waals surface area contributed by atoms with Gasteiger partial charge in [-0.15, -0.1) is 0 Å². The van der Waals surface area contributed by atoms with Crippen LogP contribution in [0.2, 0.25) is 0 Å². The minimum absolute atomic E-state index is 0.0573. The monoisotopic (exact) mass is 267 g/mol. The van der Waals surface area contributed by atoms with Gasteiger partial charge in [0.05, 0.1) is 6.20 Å². The number of hydrogen-bond acceptors (Lipinski definition) is 3. The van der Waals surface area contributed by atoms with Gasteiger partial charge in [0.2, 0.25) is 0 Å². The van der Waals surface area contributed by atoms with Crippen molar-refractivity contribution in [1.82, 2.24) is 5.16 Å². The van der Waals surface area contributed by atoms with Crippen LogP contribution in [0.15, 0.2) is 39.5 Å². The second-order valence-electron chi connectivity index (χ2n) is 2.85. The van der Waals surface area contributed by atoms with Crippen LogP contribution in [0, 0.1) is 0 Å². The molecule has 0 aliphatic heterocycles. The van der Waals surface area contributed by atoms with Crippen LogP contribution in [0.1, 0.15) is 10.4 Å². The molecule has 1 aromatic heterocycles. The maximum atomic E-state index is 10.9. The van der Waals surface area contributed by atoms with E-state index in [-0.39, 0.29) is 11.3 Å². The fraction of sp³-hybridized carbons (Fsp3) is 0. The summed E-state index contributed by atoms with van der Waals surface area (Å²) in [6, 6.07) is 7.21.